The summed E-state index contributed by atoms with van der Waals surface area (Å²) < 4.78 is 0. The number of allylic oxidation sites excluding steroid dienone is 6. The summed E-state index contributed by atoms with van der Waals surface area (Å²) in [4.78, 5) is 0. The molecule has 0 aliphatic heterocycles. The highest BCUT2D eigenvalue weighted by molar-refractivity contribution is 5.49. The quantitative estimate of drug-likeness (QED) is 0.659. The summed E-state index contributed by atoms with van der Waals surface area (Å²) >= 11 is 0. The van der Waals surface area contributed by atoms with Gasteiger partial charge < -0.3 is 5.32 Å². The number of hydrogen-bond donors (Lipinski definition) is 1. The molecule has 0 amide bonds. The smallest absolute Gasteiger partial charge is 0.00258 e. The zero-order valence-corrected chi connectivity index (χ0v) is 7.93. The van der Waals surface area contributed by atoms with Crippen molar-refractivity contribution in [2.75, 3.05) is 13.1 Å². The molecule has 12 heavy (non-hydrogen) atoms. The Balaban J connectivity index is 0.000000130. The minimum absolute atomic E-state index is 1.09. The third-order valence-corrected chi connectivity index (χ3v) is 1.93. The molecule has 0 spiro atoms. The van der Waals surface area contributed by atoms with Gasteiger partial charge >= 0.3 is 0 Å². The maximum Gasteiger partial charge on any atom is -0.00258 e. The van der Waals surface area contributed by atoms with Crippen LogP contribution in [0.15, 0.2) is 35.5 Å². The molecule has 0 unspecified atom stereocenters. The molecule has 0 aromatic carbocycles. The van der Waals surface area contributed by atoms with Gasteiger partial charge in [-0.25, -0.2) is 0 Å². The van der Waals surface area contributed by atoms with E-state index in [0.717, 1.165) is 13.1 Å². The first-order valence-corrected chi connectivity index (χ1v) is 4.65. The van der Waals surface area contributed by atoms with Crippen molar-refractivity contribution >= 4 is 0 Å². The Morgan fingerprint density at radius 2 is 1.58 bits per heavy atom. The molecule has 2 bridgehead atoms. The van der Waals surface area contributed by atoms with Crippen molar-refractivity contribution in [2.45, 2.75) is 20.3 Å². The van der Waals surface area contributed by atoms with Crippen molar-refractivity contribution in [3.8, 4) is 0 Å². The van der Waals surface area contributed by atoms with Crippen molar-refractivity contribution < 1.29 is 0 Å². The summed E-state index contributed by atoms with van der Waals surface area (Å²) in [6.45, 7) is 6.39. The van der Waals surface area contributed by atoms with Crippen LogP contribution in [0.1, 0.15) is 20.3 Å². The molecular weight excluding hydrogens is 146 g/mol. The third kappa shape index (κ3) is 2.67. The molecule has 1 heteroatoms. The van der Waals surface area contributed by atoms with E-state index >= 15 is 0 Å². The van der Waals surface area contributed by atoms with Crippen LogP contribution in [0, 0.1) is 0 Å². The maximum absolute atomic E-state index is 3.11. The lowest BCUT2D eigenvalue weighted by Gasteiger charge is -1.86. The molecule has 0 aromatic heterocycles. The van der Waals surface area contributed by atoms with E-state index in [1.807, 2.05) is 0 Å². The lowest BCUT2D eigenvalue weighted by molar-refractivity contribution is 0.762. The van der Waals surface area contributed by atoms with Crippen LogP contribution in [0.25, 0.3) is 0 Å². The lowest BCUT2D eigenvalue weighted by atomic mass is 10.3. The summed E-state index contributed by atoms with van der Waals surface area (Å²) in [5, 5.41) is 3.11. The molecule has 0 aromatic rings. The van der Waals surface area contributed by atoms with E-state index in [-0.39, 0.29) is 0 Å². The predicted molar refractivity (Wildman–Crippen MR) is 54.1 cm³/mol. The monoisotopic (exact) mass is 163 g/mol. The highest BCUT2D eigenvalue weighted by atomic mass is 14.8. The van der Waals surface area contributed by atoms with Crippen LogP contribution in [0.3, 0.4) is 0 Å². The number of fused-ring (bicyclic) bond motifs is 2. The van der Waals surface area contributed by atoms with E-state index in [1.54, 1.807) is 0 Å². The molecule has 0 radical (unpaired) electrons. The van der Waals surface area contributed by atoms with Crippen LogP contribution in [0.4, 0.5) is 0 Å². The van der Waals surface area contributed by atoms with Gasteiger partial charge in [-0.15, -0.1) is 0 Å². The maximum atomic E-state index is 3.11. The van der Waals surface area contributed by atoms with Gasteiger partial charge in [0.1, 0.15) is 0 Å². The van der Waals surface area contributed by atoms with E-state index in [4.69, 9.17) is 0 Å². The molecule has 0 saturated carbocycles. The molecule has 2 aliphatic rings. The van der Waals surface area contributed by atoms with E-state index < -0.39 is 0 Å². The number of rotatable bonds is 2. The van der Waals surface area contributed by atoms with Crippen molar-refractivity contribution in [3.63, 3.8) is 0 Å². The summed E-state index contributed by atoms with van der Waals surface area (Å²) in [6, 6.07) is 0. The Hall–Kier alpha value is -0.820. The van der Waals surface area contributed by atoms with Crippen molar-refractivity contribution in [1.29, 1.82) is 0 Å². The van der Waals surface area contributed by atoms with Gasteiger partial charge in [-0.3, -0.25) is 0 Å². The van der Waals surface area contributed by atoms with E-state index in [9.17, 15) is 0 Å². The predicted octanol–water partition coefficient (Wildman–Crippen LogP) is 2.43. The van der Waals surface area contributed by atoms with Gasteiger partial charge in [0.05, 0.1) is 0 Å². The molecule has 0 heterocycles. The molecule has 66 valence electrons. The van der Waals surface area contributed by atoms with Crippen molar-refractivity contribution in [3.05, 3.63) is 35.5 Å². The van der Waals surface area contributed by atoms with Crippen LogP contribution in [-0.4, -0.2) is 13.1 Å². The number of nitrogens with one attached hydrogen (secondary N) is 1. The van der Waals surface area contributed by atoms with E-state index in [1.165, 1.54) is 17.6 Å². The zero-order chi connectivity index (χ0) is 8.81. The molecule has 0 fully saturated rings. The molecule has 1 nitrogen and oxygen atoms in total. The average Bonchev–Trinajstić information content (AvgIpc) is 2.69. The summed E-state index contributed by atoms with van der Waals surface area (Å²) in [5.41, 5.74) is 2.94. The second-order valence-electron chi connectivity index (χ2n) is 2.95. The normalized spacial score (nSPS) is 16.8. The van der Waals surface area contributed by atoms with Gasteiger partial charge in [0.15, 0.2) is 0 Å². The second kappa shape index (κ2) is 4.94. The Kier molecular flexibility index (Phi) is 3.81. The molecule has 1 N–H and O–H groups in total. The van der Waals surface area contributed by atoms with Crippen molar-refractivity contribution in [2.24, 2.45) is 0 Å². The Labute approximate surface area is 74.9 Å². The minimum Gasteiger partial charge on any atom is -0.317 e. The van der Waals surface area contributed by atoms with Crippen LogP contribution < -0.4 is 5.32 Å². The first-order chi connectivity index (χ1) is 5.86. The summed E-state index contributed by atoms with van der Waals surface area (Å²) in [7, 11) is 0. The second-order valence-corrected chi connectivity index (χ2v) is 2.95. The molecule has 0 atom stereocenters. The highest BCUT2D eigenvalue weighted by Crippen LogP contribution is 2.27. The van der Waals surface area contributed by atoms with Crippen LogP contribution in [-0.2, 0) is 0 Å². The molecule has 2 aliphatic carbocycles. The Morgan fingerprint density at radius 1 is 1.08 bits per heavy atom. The van der Waals surface area contributed by atoms with Gasteiger partial charge in [-0.2, -0.15) is 0 Å². The standard InChI is InChI=1S/C7H6.C4H11N/c1-2-7-4-3-6(1)5-7;1-3-5-4-2/h1-4H,5H2;5H,3-4H2,1-2H3. The zero-order valence-electron chi connectivity index (χ0n) is 7.93. The van der Waals surface area contributed by atoms with Gasteiger partial charge in [-0.05, 0) is 30.7 Å². The Morgan fingerprint density at radius 3 is 1.67 bits per heavy atom. The van der Waals surface area contributed by atoms with Crippen LogP contribution in [0.5, 0.6) is 0 Å². The molecule has 2 rings (SSSR count). The first-order valence-electron chi connectivity index (χ1n) is 4.65. The molecular formula is C11H17N. The lowest BCUT2D eigenvalue weighted by Crippen LogP contribution is -2.09. The highest BCUT2D eigenvalue weighted by Gasteiger charge is 2.07. The Bertz CT molecular complexity index is 199. The number of hydrogen-bond acceptors (Lipinski definition) is 1. The average molecular weight is 163 g/mol. The summed E-state index contributed by atoms with van der Waals surface area (Å²) in [5.74, 6) is 0. The van der Waals surface area contributed by atoms with Crippen LogP contribution >= 0.6 is 0 Å². The first kappa shape index (κ1) is 9.27. The SMILES string of the molecule is C1=CC2=CC=C1C2.CCNCC. The summed E-state index contributed by atoms with van der Waals surface area (Å²) in [6.07, 6.45) is 9.90. The van der Waals surface area contributed by atoms with Gasteiger partial charge in [-0.1, -0.05) is 38.2 Å². The van der Waals surface area contributed by atoms with E-state index in [0.29, 0.717) is 0 Å². The van der Waals surface area contributed by atoms with Crippen LogP contribution in [0.2, 0.25) is 0 Å². The fourth-order valence-corrected chi connectivity index (χ4v) is 1.26. The topological polar surface area (TPSA) is 12.0 Å². The van der Waals surface area contributed by atoms with Crippen molar-refractivity contribution in [1.82, 2.24) is 5.32 Å². The minimum atomic E-state index is 1.09. The van der Waals surface area contributed by atoms with Gasteiger partial charge in [0.2, 0.25) is 0 Å². The van der Waals surface area contributed by atoms with E-state index in [2.05, 4.69) is 43.5 Å². The van der Waals surface area contributed by atoms with Gasteiger partial charge in [0, 0.05) is 0 Å². The largest absolute Gasteiger partial charge is 0.317 e. The fourth-order valence-electron chi connectivity index (χ4n) is 1.26. The fraction of sp³-hybridized carbons (Fsp3) is 0.455. The molecule has 0 saturated heterocycles. The van der Waals surface area contributed by atoms with Gasteiger partial charge in [0.25, 0.3) is 0 Å². The third-order valence-electron chi connectivity index (χ3n) is 1.93.